The number of hydrogen-bond acceptors (Lipinski definition) is 4. The van der Waals surface area contributed by atoms with Crippen LogP contribution in [0.1, 0.15) is 33.0 Å². The van der Waals surface area contributed by atoms with Crippen molar-refractivity contribution in [2.45, 2.75) is 40.3 Å². The first-order valence-corrected chi connectivity index (χ1v) is 6.47. The van der Waals surface area contributed by atoms with Crippen LogP contribution in [0.2, 0.25) is 0 Å². The summed E-state index contributed by atoms with van der Waals surface area (Å²) in [6.07, 6.45) is 2.57. The SMILES string of the molecule is CCCn1ncnc1CNCC(=O)NCC(C)C. The van der Waals surface area contributed by atoms with Crippen molar-refractivity contribution >= 4 is 5.91 Å². The van der Waals surface area contributed by atoms with Crippen LogP contribution >= 0.6 is 0 Å². The minimum atomic E-state index is 0.0188. The van der Waals surface area contributed by atoms with E-state index in [1.54, 1.807) is 6.33 Å². The van der Waals surface area contributed by atoms with Crippen LogP contribution in [0.5, 0.6) is 0 Å². The molecule has 0 aliphatic rings. The molecule has 2 N–H and O–H groups in total. The second-order valence-corrected chi connectivity index (χ2v) is 4.70. The number of carbonyl (C=O) groups excluding carboxylic acids is 1. The van der Waals surface area contributed by atoms with Gasteiger partial charge in [-0.1, -0.05) is 20.8 Å². The number of hydrogen-bond donors (Lipinski definition) is 2. The lowest BCUT2D eigenvalue weighted by Crippen LogP contribution is -2.35. The Morgan fingerprint density at radius 3 is 2.94 bits per heavy atom. The fourth-order valence-electron chi connectivity index (χ4n) is 1.49. The molecule has 1 heterocycles. The highest BCUT2D eigenvalue weighted by atomic mass is 16.1. The van der Waals surface area contributed by atoms with Gasteiger partial charge in [0, 0.05) is 13.1 Å². The molecule has 1 rings (SSSR count). The van der Waals surface area contributed by atoms with Gasteiger partial charge in [0.2, 0.25) is 5.91 Å². The third kappa shape index (κ3) is 5.27. The van der Waals surface area contributed by atoms with Crippen LogP contribution in [0.15, 0.2) is 6.33 Å². The van der Waals surface area contributed by atoms with Crippen LogP contribution in [0.4, 0.5) is 0 Å². The molecular formula is C12H23N5O. The highest BCUT2D eigenvalue weighted by molar-refractivity contribution is 5.77. The molecule has 0 aromatic carbocycles. The van der Waals surface area contributed by atoms with Crippen molar-refractivity contribution < 1.29 is 4.79 Å². The van der Waals surface area contributed by atoms with Gasteiger partial charge >= 0.3 is 0 Å². The van der Waals surface area contributed by atoms with Crippen LogP contribution in [0.3, 0.4) is 0 Å². The molecule has 0 fully saturated rings. The van der Waals surface area contributed by atoms with Crippen LogP contribution < -0.4 is 10.6 Å². The molecule has 18 heavy (non-hydrogen) atoms. The normalized spacial score (nSPS) is 10.9. The van der Waals surface area contributed by atoms with Gasteiger partial charge in [0.1, 0.15) is 12.2 Å². The number of aromatic nitrogens is 3. The average Bonchev–Trinajstić information content (AvgIpc) is 2.75. The molecule has 6 heteroatoms. The lowest BCUT2D eigenvalue weighted by atomic mass is 10.2. The maximum absolute atomic E-state index is 11.5. The third-order valence-corrected chi connectivity index (χ3v) is 2.41. The summed E-state index contributed by atoms with van der Waals surface area (Å²) in [5.74, 6) is 1.36. The van der Waals surface area contributed by atoms with E-state index in [9.17, 15) is 4.79 Å². The summed E-state index contributed by atoms with van der Waals surface area (Å²) in [5, 5.41) is 10.1. The Kier molecular flexibility index (Phi) is 6.35. The van der Waals surface area contributed by atoms with Crippen molar-refractivity contribution in [1.82, 2.24) is 25.4 Å². The van der Waals surface area contributed by atoms with Crippen molar-refractivity contribution in [3.8, 4) is 0 Å². The first-order valence-electron chi connectivity index (χ1n) is 6.47. The second kappa shape index (κ2) is 7.81. The van der Waals surface area contributed by atoms with Crippen LogP contribution in [-0.2, 0) is 17.9 Å². The monoisotopic (exact) mass is 253 g/mol. The molecule has 0 aliphatic carbocycles. The first kappa shape index (κ1) is 14.6. The van der Waals surface area contributed by atoms with Crippen LogP contribution in [0.25, 0.3) is 0 Å². The van der Waals surface area contributed by atoms with Crippen LogP contribution in [0, 0.1) is 5.92 Å². The maximum atomic E-state index is 11.5. The molecule has 1 amide bonds. The molecule has 102 valence electrons. The molecule has 0 spiro atoms. The van der Waals surface area contributed by atoms with E-state index in [0.717, 1.165) is 18.8 Å². The van der Waals surface area contributed by atoms with Gasteiger partial charge in [-0.3, -0.25) is 4.79 Å². The van der Waals surface area contributed by atoms with Crippen LogP contribution in [-0.4, -0.2) is 33.8 Å². The molecule has 0 bridgehead atoms. The summed E-state index contributed by atoms with van der Waals surface area (Å²) >= 11 is 0. The summed E-state index contributed by atoms with van der Waals surface area (Å²) in [6, 6.07) is 0. The smallest absolute Gasteiger partial charge is 0.233 e. The minimum Gasteiger partial charge on any atom is -0.355 e. The summed E-state index contributed by atoms with van der Waals surface area (Å²) in [6.45, 7) is 8.68. The summed E-state index contributed by atoms with van der Waals surface area (Å²) in [4.78, 5) is 15.6. The topological polar surface area (TPSA) is 71.8 Å². The van der Waals surface area contributed by atoms with Gasteiger partial charge in [-0.2, -0.15) is 5.10 Å². The molecule has 0 saturated heterocycles. The van der Waals surface area contributed by atoms with E-state index in [1.807, 2.05) is 4.68 Å². The lowest BCUT2D eigenvalue weighted by molar-refractivity contribution is -0.120. The number of carbonyl (C=O) groups is 1. The quantitative estimate of drug-likeness (QED) is 0.709. The highest BCUT2D eigenvalue weighted by Gasteiger charge is 2.05. The predicted octanol–water partition coefficient (Wildman–Crippen LogP) is 0.550. The number of nitrogens with one attached hydrogen (secondary N) is 2. The van der Waals surface area contributed by atoms with Crippen molar-refractivity contribution in [2.75, 3.05) is 13.1 Å². The first-order chi connectivity index (χ1) is 8.63. The van der Waals surface area contributed by atoms with Crippen molar-refractivity contribution in [3.63, 3.8) is 0 Å². The molecule has 1 aromatic heterocycles. The molecule has 0 unspecified atom stereocenters. The maximum Gasteiger partial charge on any atom is 0.233 e. The highest BCUT2D eigenvalue weighted by Crippen LogP contribution is 1.95. The Hall–Kier alpha value is -1.43. The van der Waals surface area contributed by atoms with E-state index in [4.69, 9.17) is 0 Å². The number of amides is 1. The average molecular weight is 253 g/mol. The van der Waals surface area contributed by atoms with E-state index in [1.165, 1.54) is 0 Å². The van der Waals surface area contributed by atoms with Gasteiger partial charge in [-0.05, 0) is 12.3 Å². The number of aryl methyl sites for hydroxylation is 1. The fraction of sp³-hybridized carbons (Fsp3) is 0.750. The van der Waals surface area contributed by atoms with E-state index in [0.29, 0.717) is 25.6 Å². The Morgan fingerprint density at radius 1 is 1.50 bits per heavy atom. The standard InChI is InChI=1S/C12H23N5O/c1-4-5-17-11(15-9-16-17)7-13-8-12(18)14-6-10(2)3/h9-10,13H,4-8H2,1-3H3,(H,14,18). The third-order valence-electron chi connectivity index (χ3n) is 2.41. The van der Waals surface area contributed by atoms with Crippen molar-refractivity contribution in [1.29, 1.82) is 0 Å². The van der Waals surface area contributed by atoms with Gasteiger partial charge in [0.05, 0.1) is 13.1 Å². The summed E-state index contributed by atoms with van der Waals surface area (Å²) in [5.41, 5.74) is 0. The zero-order chi connectivity index (χ0) is 13.4. The van der Waals surface area contributed by atoms with Crippen molar-refractivity contribution in [3.05, 3.63) is 12.2 Å². The summed E-state index contributed by atoms with van der Waals surface area (Å²) in [7, 11) is 0. The van der Waals surface area contributed by atoms with Gasteiger partial charge in [-0.15, -0.1) is 0 Å². The Bertz CT molecular complexity index is 361. The van der Waals surface area contributed by atoms with Gasteiger partial charge < -0.3 is 10.6 Å². The zero-order valence-electron chi connectivity index (χ0n) is 11.4. The van der Waals surface area contributed by atoms with E-state index in [-0.39, 0.29) is 5.91 Å². The molecule has 0 saturated carbocycles. The molecule has 0 radical (unpaired) electrons. The van der Waals surface area contributed by atoms with E-state index in [2.05, 4.69) is 41.5 Å². The minimum absolute atomic E-state index is 0.0188. The Balaban J connectivity index is 2.24. The lowest BCUT2D eigenvalue weighted by Gasteiger charge is -2.09. The Morgan fingerprint density at radius 2 is 2.28 bits per heavy atom. The second-order valence-electron chi connectivity index (χ2n) is 4.70. The van der Waals surface area contributed by atoms with Gasteiger partial charge in [0.15, 0.2) is 0 Å². The number of nitrogens with zero attached hydrogens (tertiary/aromatic N) is 3. The fourth-order valence-corrected chi connectivity index (χ4v) is 1.49. The summed E-state index contributed by atoms with van der Waals surface area (Å²) < 4.78 is 1.86. The van der Waals surface area contributed by atoms with E-state index < -0.39 is 0 Å². The molecule has 1 aromatic rings. The number of rotatable bonds is 8. The largest absolute Gasteiger partial charge is 0.355 e. The molecular weight excluding hydrogens is 230 g/mol. The molecule has 0 aliphatic heterocycles. The molecule has 6 nitrogen and oxygen atoms in total. The predicted molar refractivity (Wildman–Crippen MR) is 69.9 cm³/mol. The van der Waals surface area contributed by atoms with Gasteiger partial charge in [0.25, 0.3) is 0 Å². The zero-order valence-corrected chi connectivity index (χ0v) is 11.4. The van der Waals surface area contributed by atoms with Gasteiger partial charge in [-0.25, -0.2) is 9.67 Å². The Labute approximate surface area is 108 Å². The van der Waals surface area contributed by atoms with Crippen molar-refractivity contribution in [2.24, 2.45) is 5.92 Å². The van der Waals surface area contributed by atoms with E-state index >= 15 is 0 Å². The molecule has 0 atom stereocenters.